The predicted molar refractivity (Wildman–Crippen MR) is 60.4 cm³/mol. The number of primary amides is 1. The van der Waals surface area contributed by atoms with Crippen LogP contribution < -0.4 is 17.0 Å². The molecule has 0 atom stereocenters. The zero-order valence-electron chi connectivity index (χ0n) is 8.71. The minimum absolute atomic E-state index is 0.381. The Balaban J connectivity index is 0.000000171. The lowest BCUT2D eigenvalue weighted by Crippen LogP contribution is -2.19. The van der Waals surface area contributed by atoms with E-state index in [9.17, 15) is 14.4 Å². The molecule has 0 radical (unpaired) electrons. The second-order valence-corrected chi connectivity index (χ2v) is 2.90. The number of H-pyrrole nitrogens is 2. The van der Waals surface area contributed by atoms with Gasteiger partial charge in [-0.25, -0.2) is 4.79 Å². The number of aromatic nitrogens is 3. The van der Waals surface area contributed by atoms with Gasteiger partial charge in [-0.05, 0) is 12.1 Å². The van der Waals surface area contributed by atoms with Gasteiger partial charge >= 0.3 is 5.69 Å². The van der Waals surface area contributed by atoms with Crippen LogP contribution in [0.4, 0.5) is 0 Å². The van der Waals surface area contributed by atoms with Gasteiger partial charge in [0.05, 0.1) is 5.56 Å². The molecule has 7 heteroatoms. The molecule has 0 saturated carbocycles. The van der Waals surface area contributed by atoms with Crippen molar-refractivity contribution in [3.05, 3.63) is 63.2 Å². The summed E-state index contributed by atoms with van der Waals surface area (Å²) in [5.74, 6) is -0.442. The Bertz CT molecular complexity index is 563. The molecule has 0 unspecified atom stereocenters. The number of nitrogens with one attached hydrogen (secondary N) is 2. The number of nitrogens with zero attached hydrogens (tertiary/aromatic N) is 1. The Labute approximate surface area is 95.3 Å². The Morgan fingerprint density at radius 1 is 1.29 bits per heavy atom. The van der Waals surface area contributed by atoms with Crippen LogP contribution in [0.1, 0.15) is 10.4 Å². The van der Waals surface area contributed by atoms with Crippen LogP contribution >= 0.6 is 0 Å². The summed E-state index contributed by atoms with van der Waals surface area (Å²) >= 11 is 0. The van der Waals surface area contributed by atoms with E-state index in [0.717, 1.165) is 0 Å². The monoisotopic (exact) mass is 234 g/mol. The summed E-state index contributed by atoms with van der Waals surface area (Å²) in [5, 5.41) is 0. The minimum atomic E-state index is -0.475. The molecule has 1 amide bonds. The quantitative estimate of drug-likeness (QED) is 0.600. The van der Waals surface area contributed by atoms with E-state index >= 15 is 0 Å². The molecular formula is C10H10N4O3. The van der Waals surface area contributed by atoms with Crippen molar-refractivity contribution in [1.29, 1.82) is 0 Å². The maximum absolute atomic E-state index is 10.4. The lowest BCUT2D eigenvalue weighted by molar-refractivity contribution is 0.1000. The number of carbonyl (C=O) groups is 1. The van der Waals surface area contributed by atoms with Crippen LogP contribution in [0.25, 0.3) is 0 Å². The van der Waals surface area contributed by atoms with Crippen LogP contribution in [0.15, 0.2) is 46.4 Å². The SMILES string of the molecule is NC(=O)c1cccnc1.O=c1cc[nH]c(=O)[nH]1. The van der Waals surface area contributed by atoms with Crippen LogP contribution in [0, 0.1) is 0 Å². The third-order valence-electron chi connectivity index (χ3n) is 1.63. The van der Waals surface area contributed by atoms with Gasteiger partial charge in [0.2, 0.25) is 5.91 Å². The predicted octanol–water partition coefficient (Wildman–Crippen LogP) is -0.756. The highest BCUT2D eigenvalue weighted by molar-refractivity contribution is 5.92. The summed E-state index contributed by atoms with van der Waals surface area (Å²) < 4.78 is 0. The molecule has 0 aliphatic heterocycles. The number of nitrogens with two attached hydrogens (primary N) is 1. The number of amides is 1. The Morgan fingerprint density at radius 2 is 2.06 bits per heavy atom. The summed E-state index contributed by atoms with van der Waals surface area (Å²) in [6, 6.07) is 4.52. The summed E-state index contributed by atoms with van der Waals surface area (Å²) in [7, 11) is 0. The van der Waals surface area contributed by atoms with Crippen LogP contribution in [0.5, 0.6) is 0 Å². The fourth-order valence-corrected chi connectivity index (χ4v) is 0.891. The molecule has 0 spiro atoms. The smallest absolute Gasteiger partial charge is 0.325 e. The second-order valence-electron chi connectivity index (χ2n) is 2.90. The Hall–Kier alpha value is -2.70. The van der Waals surface area contributed by atoms with Crippen molar-refractivity contribution in [2.75, 3.05) is 0 Å². The minimum Gasteiger partial charge on any atom is -0.366 e. The molecule has 0 aliphatic rings. The molecule has 4 N–H and O–H groups in total. The molecule has 88 valence electrons. The van der Waals surface area contributed by atoms with E-state index in [4.69, 9.17) is 5.73 Å². The van der Waals surface area contributed by atoms with Gasteiger partial charge in [-0.3, -0.25) is 19.6 Å². The van der Waals surface area contributed by atoms with Crippen LogP contribution in [-0.2, 0) is 0 Å². The van der Waals surface area contributed by atoms with E-state index < -0.39 is 11.6 Å². The molecular weight excluding hydrogens is 224 g/mol. The summed E-state index contributed by atoms with van der Waals surface area (Å²) in [4.78, 5) is 38.7. The molecule has 2 rings (SSSR count). The maximum Gasteiger partial charge on any atom is 0.325 e. The van der Waals surface area contributed by atoms with E-state index in [2.05, 4.69) is 9.97 Å². The van der Waals surface area contributed by atoms with Gasteiger partial charge in [0.25, 0.3) is 5.56 Å². The Kier molecular flexibility index (Phi) is 4.37. The molecule has 0 saturated heterocycles. The molecule has 0 aliphatic carbocycles. The van der Waals surface area contributed by atoms with Crippen molar-refractivity contribution in [2.24, 2.45) is 5.73 Å². The first-order chi connectivity index (χ1) is 8.09. The number of aromatic amines is 2. The molecule has 2 heterocycles. The fraction of sp³-hybridized carbons (Fsp3) is 0. The molecule has 0 bridgehead atoms. The normalized spacial score (nSPS) is 8.94. The van der Waals surface area contributed by atoms with E-state index in [0.29, 0.717) is 5.56 Å². The number of hydrogen-bond donors (Lipinski definition) is 3. The molecule has 2 aromatic rings. The number of rotatable bonds is 1. The van der Waals surface area contributed by atoms with E-state index in [1.54, 1.807) is 18.3 Å². The van der Waals surface area contributed by atoms with Crippen molar-refractivity contribution >= 4 is 5.91 Å². The lowest BCUT2D eigenvalue weighted by Gasteiger charge is -1.88. The largest absolute Gasteiger partial charge is 0.366 e. The number of pyridine rings is 1. The van der Waals surface area contributed by atoms with Gasteiger partial charge < -0.3 is 10.7 Å². The van der Waals surface area contributed by atoms with Crippen LogP contribution in [-0.4, -0.2) is 20.9 Å². The first kappa shape index (κ1) is 12.4. The molecule has 0 fully saturated rings. The van der Waals surface area contributed by atoms with Crippen molar-refractivity contribution in [1.82, 2.24) is 15.0 Å². The summed E-state index contributed by atoms with van der Waals surface area (Å²) in [5.41, 5.74) is 4.52. The van der Waals surface area contributed by atoms with Crippen LogP contribution in [0.2, 0.25) is 0 Å². The highest BCUT2D eigenvalue weighted by atomic mass is 16.2. The zero-order valence-corrected chi connectivity index (χ0v) is 8.71. The highest BCUT2D eigenvalue weighted by Crippen LogP contribution is 1.91. The van der Waals surface area contributed by atoms with Gasteiger partial charge in [-0.15, -0.1) is 0 Å². The van der Waals surface area contributed by atoms with Gasteiger partial charge in [0.1, 0.15) is 0 Å². The average Bonchev–Trinajstić information content (AvgIpc) is 2.30. The van der Waals surface area contributed by atoms with Crippen LogP contribution in [0.3, 0.4) is 0 Å². The molecule has 17 heavy (non-hydrogen) atoms. The highest BCUT2D eigenvalue weighted by Gasteiger charge is 1.94. The van der Waals surface area contributed by atoms with Gasteiger partial charge in [0.15, 0.2) is 0 Å². The lowest BCUT2D eigenvalue weighted by atomic mass is 10.3. The first-order valence-electron chi connectivity index (χ1n) is 4.57. The number of hydrogen-bond acceptors (Lipinski definition) is 4. The van der Waals surface area contributed by atoms with Crippen molar-refractivity contribution in [3.63, 3.8) is 0 Å². The van der Waals surface area contributed by atoms with Gasteiger partial charge in [-0.2, -0.15) is 0 Å². The third kappa shape index (κ3) is 4.56. The summed E-state index contributed by atoms with van der Waals surface area (Å²) in [6.07, 6.45) is 4.32. The molecule has 2 aromatic heterocycles. The van der Waals surface area contributed by atoms with Crippen molar-refractivity contribution in [3.8, 4) is 0 Å². The molecule has 7 nitrogen and oxygen atoms in total. The average molecular weight is 234 g/mol. The molecule has 0 aromatic carbocycles. The van der Waals surface area contributed by atoms with Gasteiger partial charge in [0, 0.05) is 24.7 Å². The van der Waals surface area contributed by atoms with E-state index in [1.807, 2.05) is 4.98 Å². The topological polar surface area (TPSA) is 122 Å². The van der Waals surface area contributed by atoms with E-state index in [1.165, 1.54) is 18.5 Å². The zero-order chi connectivity index (χ0) is 12.7. The third-order valence-corrected chi connectivity index (χ3v) is 1.63. The van der Waals surface area contributed by atoms with Crippen molar-refractivity contribution in [2.45, 2.75) is 0 Å². The van der Waals surface area contributed by atoms with Gasteiger partial charge in [-0.1, -0.05) is 0 Å². The Morgan fingerprint density at radius 3 is 2.41 bits per heavy atom. The standard InChI is InChI=1S/C6H6N2O.C4H4N2O2/c7-6(9)5-2-1-3-8-4-5;7-3-1-2-5-4(8)6-3/h1-4H,(H2,7,9);1-2H,(H2,5,6,7,8). The van der Waals surface area contributed by atoms with Crippen molar-refractivity contribution < 1.29 is 4.79 Å². The summed E-state index contributed by atoms with van der Waals surface area (Å²) in [6.45, 7) is 0. The number of carbonyl (C=O) groups excluding carboxylic acids is 1. The maximum atomic E-state index is 10.4. The second kappa shape index (κ2) is 6.01. The van der Waals surface area contributed by atoms with E-state index in [-0.39, 0.29) is 5.56 Å². The fourth-order valence-electron chi connectivity index (χ4n) is 0.891. The first-order valence-corrected chi connectivity index (χ1v) is 4.57.